The van der Waals surface area contributed by atoms with E-state index < -0.39 is 0 Å². The van der Waals surface area contributed by atoms with E-state index in [1.165, 1.54) is 15.9 Å². The van der Waals surface area contributed by atoms with Crippen molar-refractivity contribution < 1.29 is 14.2 Å². The third-order valence-electron chi connectivity index (χ3n) is 6.51. The molecule has 0 radical (unpaired) electrons. The zero-order valence-electron chi connectivity index (χ0n) is 22.8. The molecule has 3 heterocycles. The first-order valence-electron chi connectivity index (χ1n) is 12.8. The molecule has 0 aliphatic carbocycles. The van der Waals surface area contributed by atoms with Crippen molar-refractivity contribution in [3.8, 4) is 34.2 Å². The van der Waals surface area contributed by atoms with Crippen molar-refractivity contribution in [2.45, 2.75) is 0 Å². The minimum Gasteiger partial charge on any atom is -0.496 e. The van der Waals surface area contributed by atoms with Gasteiger partial charge < -0.3 is 14.2 Å². The normalized spacial score (nSPS) is 12.0. The maximum absolute atomic E-state index is 13.4. The van der Waals surface area contributed by atoms with Crippen LogP contribution >= 0.6 is 27.3 Å². The Hall–Kier alpha value is -4.74. The van der Waals surface area contributed by atoms with Gasteiger partial charge in [-0.1, -0.05) is 41.7 Å². The summed E-state index contributed by atoms with van der Waals surface area (Å²) in [5.74, 6) is 2.42. The summed E-state index contributed by atoms with van der Waals surface area (Å²) >= 11 is 4.85. The third-order valence-corrected chi connectivity index (χ3v) is 8.08. The molecule has 6 rings (SSSR count). The quantitative estimate of drug-likeness (QED) is 0.216. The Labute approximate surface area is 253 Å². The molecule has 0 fully saturated rings. The van der Waals surface area contributed by atoms with Crippen LogP contribution in [0.15, 0.2) is 82.2 Å². The number of thiazole rings is 1. The number of aromatic nitrogens is 5. The summed E-state index contributed by atoms with van der Waals surface area (Å²) in [5.41, 5.74) is 3.92. The lowest BCUT2D eigenvalue weighted by atomic mass is 10.1. The van der Waals surface area contributed by atoms with Crippen LogP contribution in [0, 0.1) is 0 Å². The number of hydrogen-bond donors (Lipinski definition) is 0. The summed E-state index contributed by atoms with van der Waals surface area (Å²) in [6, 6.07) is 21.2. The van der Waals surface area contributed by atoms with Crippen LogP contribution in [-0.2, 0) is 0 Å². The number of rotatable bonds is 8. The van der Waals surface area contributed by atoms with Gasteiger partial charge in [0, 0.05) is 17.3 Å². The summed E-state index contributed by atoms with van der Waals surface area (Å²) < 4.78 is 20.5. The van der Waals surface area contributed by atoms with Gasteiger partial charge >= 0.3 is 0 Å². The number of halogens is 1. The van der Waals surface area contributed by atoms with Gasteiger partial charge in [0.1, 0.15) is 11.4 Å². The molecule has 11 heteroatoms. The molecular formula is C31H24BrN5O4S. The highest BCUT2D eigenvalue weighted by atomic mass is 79.9. The lowest BCUT2D eigenvalue weighted by Crippen LogP contribution is -2.23. The van der Waals surface area contributed by atoms with Crippen molar-refractivity contribution in [1.29, 1.82) is 0 Å². The maximum atomic E-state index is 13.4. The first-order chi connectivity index (χ1) is 20.5. The molecule has 0 unspecified atom stereocenters. The van der Waals surface area contributed by atoms with Gasteiger partial charge in [-0.2, -0.15) is 14.6 Å². The number of fused-ring (bicyclic) bond motifs is 1. The Morgan fingerprint density at radius 3 is 2.33 bits per heavy atom. The number of ether oxygens (including phenoxy) is 3. The van der Waals surface area contributed by atoms with Gasteiger partial charge in [0.15, 0.2) is 17.3 Å². The molecule has 9 nitrogen and oxygen atoms in total. The van der Waals surface area contributed by atoms with E-state index in [4.69, 9.17) is 19.3 Å². The van der Waals surface area contributed by atoms with Crippen LogP contribution in [0.3, 0.4) is 0 Å². The van der Waals surface area contributed by atoms with Gasteiger partial charge in [-0.3, -0.25) is 4.79 Å². The lowest BCUT2D eigenvalue weighted by molar-refractivity contribution is 0.355. The summed E-state index contributed by atoms with van der Waals surface area (Å²) in [5, 5.41) is 9.30. The van der Waals surface area contributed by atoms with Crippen LogP contribution in [0.4, 0.5) is 0 Å². The molecule has 42 heavy (non-hydrogen) atoms. The molecule has 0 spiro atoms. The van der Waals surface area contributed by atoms with E-state index in [1.807, 2.05) is 85.1 Å². The van der Waals surface area contributed by atoms with E-state index >= 15 is 0 Å². The Morgan fingerprint density at radius 2 is 1.62 bits per heavy atom. The van der Waals surface area contributed by atoms with Crippen LogP contribution in [0.2, 0.25) is 0 Å². The fourth-order valence-corrected chi connectivity index (χ4v) is 5.88. The largest absolute Gasteiger partial charge is 0.496 e. The SMILES string of the molecule is COc1ccc(-c2nn(-c3ccccc3)cc2/C=c2\sc3nc(/C=C/c4ccc(OC)c(OC)c4)nn3c2=O)cc1Br. The van der Waals surface area contributed by atoms with Crippen molar-refractivity contribution >= 4 is 50.5 Å². The van der Waals surface area contributed by atoms with Crippen molar-refractivity contribution in [3.05, 3.63) is 109 Å². The Bertz CT molecular complexity index is 2050. The first-order valence-corrected chi connectivity index (χ1v) is 14.4. The predicted molar refractivity (Wildman–Crippen MR) is 168 cm³/mol. The summed E-state index contributed by atoms with van der Waals surface area (Å²) in [6.45, 7) is 0. The van der Waals surface area contributed by atoms with Crippen LogP contribution in [-0.4, -0.2) is 45.7 Å². The van der Waals surface area contributed by atoms with Crippen LogP contribution in [0.25, 0.3) is 40.1 Å². The summed E-state index contributed by atoms with van der Waals surface area (Å²) in [4.78, 5) is 18.4. The summed E-state index contributed by atoms with van der Waals surface area (Å²) in [7, 11) is 4.81. The first kappa shape index (κ1) is 27.4. The Kier molecular flexibility index (Phi) is 7.60. The highest BCUT2D eigenvalue weighted by Gasteiger charge is 2.15. The average Bonchev–Trinajstić information content (AvgIpc) is 3.70. The van der Waals surface area contributed by atoms with E-state index in [2.05, 4.69) is 26.0 Å². The molecule has 3 aromatic carbocycles. The van der Waals surface area contributed by atoms with E-state index in [1.54, 1.807) is 32.1 Å². The third kappa shape index (κ3) is 5.31. The van der Waals surface area contributed by atoms with Crippen molar-refractivity contribution in [2.24, 2.45) is 0 Å². The molecule has 3 aromatic heterocycles. The molecule has 6 aromatic rings. The number of methoxy groups -OCH3 is 3. The molecule has 0 bridgehead atoms. The average molecular weight is 643 g/mol. The smallest absolute Gasteiger partial charge is 0.291 e. The topological polar surface area (TPSA) is 92.8 Å². The highest BCUT2D eigenvalue weighted by molar-refractivity contribution is 9.10. The van der Waals surface area contributed by atoms with Crippen LogP contribution in [0.5, 0.6) is 17.2 Å². The second kappa shape index (κ2) is 11.6. The molecule has 0 saturated heterocycles. The van der Waals surface area contributed by atoms with E-state index in [0.29, 0.717) is 26.8 Å². The molecule has 0 N–H and O–H groups in total. The zero-order valence-corrected chi connectivity index (χ0v) is 25.2. The van der Waals surface area contributed by atoms with E-state index in [-0.39, 0.29) is 5.56 Å². The van der Waals surface area contributed by atoms with Gasteiger partial charge in [0.25, 0.3) is 5.56 Å². The minimum absolute atomic E-state index is 0.248. The second-order valence-corrected chi connectivity index (χ2v) is 11.0. The van der Waals surface area contributed by atoms with Crippen LogP contribution < -0.4 is 24.3 Å². The number of para-hydroxylation sites is 1. The molecule has 210 valence electrons. The van der Waals surface area contributed by atoms with Gasteiger partial charge in [-0.15, -0.1) is 5.10 Å². The van der Waals surface area contributed by atoms with Crippen molar-refractivity contribution in [3.63, 3.8) is 0 Å². The maximum Gasteiger partial charge on any atom is 0.291 e. The fraction of sp³-hybridized carbons (Fsp3) is 0.0968. The van der Waals surface area contributed by atoms with Crippen molar-refractivity contribution in [1.82, 2.24) is 24.4 Å². The molecular weight excluding hydrogens is 618 g/mol. The van der Waals surface area contributed by atoms with Crippen molar-refractivity contribution in [2.75, 3.05) is 21.3 Å². The predicted octanol–water partition coefficient (Wildman–Crippen LogP) is 5.51. The van der Waals surface area contributed by atoms with E-state index in [0.717, 1.165) is 38.3 Å². The van der Waals surface area contributed by atoms with Gasteiger partial charge in [0.2, 0.25) is 4.96 Å². The standard InChI is InChI=1S/C31H24BrN5O4S/c1-39-24-13-11-20(16-23(24)32)29-21(18-36(35-29)22-7-5-4-6-8-22)17-27-30(38)37-31(42-27)33-28(34-37)14-10-19-9-12-25(40-2)26(15-19)41-3/h4-18H,1-3H3/b14-10+,27-17-. The Balaban J connectivity index is 1.38. The molecule has 0 aliphatic heterocycles. The number of benzene rings is 3. The number of nitrogens with zero attached hydrogens (tertiary/aromatic N) is 5. The zero-order chi connectivity index (χ0) is 29.2. The van der Waals surface area contributed by atoms with E-state index in [9.17, 15) is 4.79 Å². The van der Waals surface area contributed by atoms with Gasteiger partial charge in [-0.25, -0.2) is 4.68 Å². The highest BCUT2D eigenvalue weighted by Crippen LogP contribution is 2.32. The van der Waals surface area contributed by atoms with Gasteiger partial charge in [-0.05, 0) is 76.1 Å². The molecule has 0 saturated carbocycles. The van der Waals surface area contributed by atoms with Crippen LogP contribution in [0.1, 0.15) is 17.0 Å². The molecule has 0 aliphatic rings. The summed E-state index contributed by atoms with van der Waals surface area (Å²) in [6.07, 6.45) is 7.36. The monoisotopic (exact) mass is 641 g/mol. The second-order valence-electron chi connectivity index (χ2n) is 9.09. The minimum atomic E-state index is -0.248. The Morgan fingerprint density at radius 1 is 0.857 bits per heavy atom. The molecule has 0 amide bonds. The fourth-order valence-electron chi connectivity index (χ4n) is 4.43. The lowest BCUT2D eigenvalue weighted by Gasteiger charge is -2.07. The molecule has 0 atom stereocenters. The van der Waals surface area contributed by atoms with Gasteiger partial charge in [0.05, 0.1) is 36.0 Å². The number of hydrogen-bond acceptors (Lipinski definition) is 8.